The van der Waals surface area contributed by atoms with Gasteiger partial charge in [-0.2, -0.15) is 0 Å². The number of nitrogens with one attached hydrogen (secondary N) is 1. The molecule has 0 aromatic heterocycles. The zero-order valence-corrected chi connectivity index (χ0v) is 14.3. The maximum atomic E-state index is 12.1. The molecule has 0 spiro atoms. The second-order valence-electron chi connectivity index (χ2n) is 5.54. The van der Waals surface area contributed by atoms with Crippen molar-refractivity contribution in [2.45, 2.75) is 24.2 Å². The molecule has 0 saturated carbocycles. The number of aryl methyl sites for hydroxylation is 2. The third-order valence-electron chi connectivity index (χ3n) is 3.87. The summed E-state index contributed by atoms with van der Waals surface area (Å²) < 4.78 is 0. The van der Waals surface area contributed by atoms with E-state index >= 15 is 0 Å². The molecule has 7 heteroatoms. The summed E-state index contributed by atoms with van der Waals surface area (Å²) in [4.78, 5) is 23.6. The molecule has 1 aliphatic carbocycles. The van der Waals surface area contributed by atoms with Crippen LogP contribution in [0.15, 0.2) is 41.3 Å². The standard InChI is InChI=1S/C17H15ClN2O3S/c18-13-5-7-15(16(9-13)20(22)23)19-17(21)10-24-14-6-4-11-2-1-3-12(11)8-14/h4-9H,1-3,10H2,(H,19,21). The first-order chi connectivity index (χ1) is 11.5. The fourth-order valence-electron chi connectivity index (χ4n) is 2.73. The summed E-state index contributed by atoms with van der Waals surface area (Å²) in [5, 5.41) is 13.9. The van der Waals surface area contributed by atoms with Crippen molar-refractivity contribution < 1.29 is 9.72 Å². The molecule has 0 radical (unpaired) electrons. The molecule has 2 aromatic rings. The first-order valence-corrected chi connectivity index (χ1v) is 8.87. The normalized spacial score (nSPS) is 12.7. The van der Waals surface area contributed by atoms with Gasteiger partial charge in [-0.15, -0.1) is 11.8 Å². The van der Waals surface area contributed by atoms with Crippen molar-refractivity contribution in [1.82, 2.24) is 0 Å². The van der Waals surface area contributed by atoms with Gasteiger partial charge in [0.1, 0.15) is 5.69 Å². The van der Waals surface area contributed by atoms with Crippen molar-refractivity contribution in [2.75, 3.05) is 11.1 Å². The van der Waals surface area contributed by atoms with Crippen LogP contribution in [0.4, 0.5) is 11.4 Å². The summed E-state index contributed by atoms with van der Waals surface area (Å²) in [5.41, 5.74) is 2.69. The minimum Gasteiger partial charge on any atom is -0.320 e. The number of carbonyl (C=O) groups excluding carboxylic acids is 1. The van der Waals surface area contributed by atoms with Crippen LogP contribution in [0.3, 0.4) is 0 Å². The Labute approximate surface area is 148 Å². The largest absolute Gasteiger partial charge is 0.320 e. The predicted molar refractivity (Wildman–Crippen MR) is 95.9 cm³/mol. The summed E-state index contributed by atoms with van der Waals surface area (Å²) in [6, 6.07) is 10.4. The van der Waals surface area contributed by atoms with E-state index in [9.17, 15) is 14.9 Å². The van der Waals surface area contributed by atoms with Crippen LogP contribution in [0, 0.1) is 10.1 Å². The number of hydrogen-bond donors (Lipinski definition) is 1. The second-order valence-corrected chi connectivity index (χ2v) is 7.02. The molecule has 124 valence electrons. The van der Waals surface area contributed by atoms with E-state index in [1.807, 2.05) is 6.07 Å². The van der Waals surface area contributed by atoms with Crippen molar-refractivity contribution in [3.05, 3.63) is 62.7 Å². The smallest absolute Gasteiger partial charge is 0.294 e. The van der Waals surface area contributed by atoms with E-state index in [-0.39, 0.29) is 28.1 Å². The van der Waals surface area contributed by atoms with Gasteiger partial charge in [-0.1, -0.05) is 17.7 Å². The number of rotatable bonds is 5. The lowest BCUT2D eigenvalue weighted by atomic mass is 10.1. The minimum absolute atomic E-state index is 0.156. The molecule has 0 unspecified atom stereocenters. The lowest BCUT2D eigenvalue weighted by molar-refractivity contribution is -0.383. The van der Waals surface area contributed by atoms with Crippen molar-refractivity contribution in [3.8, 4) is 0 Å². The fourth-order valence-corrected chi connectivity index (χ4v) is 3.66. The van der Waals surface area contributed by atoms with Gasteiger partial charge >= 0.3 is 0 Å². The molecule has 2 aromatic carbocycles. The van der Waals surface area contributed by atoms with Crippen LogP contribution >= 0.6 is 23.4 Å². The highest BCUT2D eigenvalue weighted by Gasteiger charge is 2.17. The van der Waals surface area contributed by atoms with Crippen molar-refractivity contribution in [2.24, 2.45) is 0 Å². The van der Waals surface area contributed by atoms with Crippen LogP contribution in [0.5, 0.6) is 0 Å². The van der Waals surface area contributed by atoms with E-state index in [0.29, 0.717) is 0 Å². The predicted octanol–water partition coefficient (Wildman–Crippen LogP) is 4.47. The zero-order valence-electron chi connectivity index (χ0n) is 12.8. The average Bonchev–Trinajstić information content (AvgIpc) is 3.02. The van der Waals surface area contributed by atoms with Gasteiger partial charge in [0.25, 0.3) is 5.69 Å². The van der Waals surface area contributed by atoms with Gasteiger partial charge in [0, 0.05) is 16.0 Å². The van der Waals surface area contributed by atoms with Gasteiger partial charge in [-0.05, 0) is 54.7 Å². The number of thioether (sulfide) groups is 1. The first kappa shape index (κ1) is 16.8. The molecule has 0 fully saturated rings. The number of nitro benzene ring substituents is 1. The lowest BCUT2D eigenvalue weighted by Crippen LogP contribution is -2.15. The monoisotopic (exact) mass is 362 g/mol. The number of fused-ring (bicyclic) bond motifs is 1. The highest BCUT2D eigenvalue weighted by atomic mass is 35.5. The Hall–Kier alpha value is -2.05. The maximum absolute atomic E-state index is 12.1. The van der Waals surface area contributed by atoms with E-state index in [0.717, 1.165) is 17.7 Å². The van der Waals surface area contributed by atoms with E-state index in [4.69, 9.17) is 11.6 Å². The number of nitro groups is 1. The summed E-state index contributed by atoms with van der Waals surface area (Å²) >= 11 is 7.19. The highest BCUT2D eigenvalue weighted by Crippen LogP contribution is 2.29. The molecule has 0 saturated heterocycles. The van der Waals surface area contributed by atoms with Crippen LogP contribution in [0.25, 0.3) is 0 Å². The fraction of sp³-hybridized carbons (Fsp3) is 0.235. The summed E-state index contributed by atoms with van der Waals surface area (Å²) in [6.45, 7) is 0. The van der Waals surface area contributed by atoms with E-state index < -0.39 is 4.92 Å². The number of nitrogens with zero attached hydrogens (tertiary/aromatic N) is 1. The minimum atomic E-state index is -0.560. The molecule has 0 atom stereocenters. The maximum Gasteiger partial charge on any atom is 0.294 e. The quantitative estimate of drug-likeness (QED) is 0.484. The summed E-state index contributed by atoms with van der Waals surface area (Å²) in [6.07, 6.45) is 3.40. The SMILES string of the molecule is O=C(CSc1ccc2c(c1)CCC2)Nc1ccc(Cl)cc1[N+](=O)[O-]. The van der Waals surface area contributed by atoms with Gasteiger partial charge in [0.2, 0.25) is 5.91 Å². The molecule has 1 N–H and O–H groups in total. The molecule has 3 rings (SSSR count). The van der Waals surface area contributed by atoms with Crippen LogP contribution in [-0.2, 0) is 17.6 Å². The average molecular weight is 363 g/mol. The van der Waals surface area contributed by atoms with Crippen LogP contribution in [0.1, 0.15) is 17.5 Å². The Balaban J connectivity index is 1.63. The molecule has 1 amide bonds. The number of benzene rings is 2. The topological polar surface area (TPSA) is 72.2 Å². The molecular formula is C17H15ClN2O3S. The van der Waals surface area contributed by atoms with E-state index in [2.05, 4.69) is 17.4 Å². The van der Waals surface area contributed by atoms with Crippen LogP contribution < -0.4 is 5.32 Å². The Morgan fingerprint density at radius 3 is 2.79 bits per heavy atom. The summed E-state index contributed by atoms with van der Waals surface area (Å²) in [7, 11) is 0. The third-order valence-corrected chi connectivity index (χ3v) is 5.10. The third kappa shape index (κ3) is 3.88. The van der Waals surface area contributed by atoms with Crippen molar-refractivity contribution in [1.29, 1.82) is 0 Å². The number of amides is 1. The van der Waals surface area contributed by atoms with Gasteiger partial charge in [-0.25, -0.2) is 0 Å². The number of anilines is 1. The van der Waals surface area contributed by atoms with Gasteiger partial charge in [0.15, 0.2) is 0 Å². The molecule has 0 bridgehead atoms. The number of hydrogen-bond acceptors (Lipinski definition) is 4. The van der Waals surface area contributed by atoms with E-state index in [1.165, 1.54) is 47.5 Å². The van der Waals surface area contributed by atoms with E-state index in [1.54, 1.807) is 0 Å². The Kier molecular flexibility index (Phi) is 5.06. The molecular weight excluding hydrogens is 348 g/mol. The molecule has 1 aliphatic rings. The zero-order chi connectivity index (χ0) is 17.1. The molecule has 0 aliphatic heterocycles. The first-order valence-electron chi connectivity index (χ1n) is 7.51. The Morgan fingerprint density at radius 2 is 2.00 bits per heavy atom. The second kappa shape index (κ2) is 7.23. The Bertz CT molecular complexity index is 810. The van der Waals surface area contributed by atoms with Crippen LogP contribution in [0.2, 0.25) is 5.02 Å². The lowest BCUT2D eigenvalue weighted by Gasteiger charge is -2.07. The number of carbonyl (C=O) groups is 1. The van der Waals surface area contributed by atoms with Gasteiger partial charge < -0.3 is 5.32 Å². The molecule has 24 heavy (non-hydrogen) atoms. The molecule has 5 nitrogen and oxygen atoms in total. The Morgan fingerprint density at radius 1 is 1.21 bits per heavy atom. The highest BCUT2D eigenvalue weighted by molar-refractivity contribution is 8.00. The van der Waals surface area contributed by atoms with Crippen molar-refractivity contribution >= 4 is 40.6 Å². The number of halogens is 1. The molecule has 0 heterocycles. The van der Waals surface area contributed by atoms with Gasteiger partial charge in [0.05, 0.1) is 10.7 Å². The summed E-state index contributed by atoms with van der Waals surface area (Å²) in [5.74, 6) is -0.0932. The van der Waals surface area contributed by atoms with Crippen LogP contribution in [-0.4, -0.2) is 16.6 Å². The van der Waals surface area contributed by atoms with Gasteiger partial charge in [-0.3, -0.25) is 14.9 Å². The van der Waals surface area contributed by atoms with Crippen molar-refractivity contribution in [3.63, 3.8) is 0 Å².